The van der Waals surface area contributed by atoms with Crippen LogP contribution in [0.3, 0.4) is 0 Å². The van der Waals surface area contributed by atoms with Crippen molar-refractivity contribution in [2.45, 2.75) is 12.6 Å². The normalized spacial score (nSPS) is 20.5. The maximum Gasteiger partial charge on any atom is 0.238 e. The fourth-order valence-corrected chi connectivity index (χ4v) is 3.28. The van der Waals surface area contributed by atoms with Crippen molar-refractivity contribution in [3.05, 3.63) is 21.3 Å². The van der Waals surface area contributed by atoms with Crippen LogP contribution in [0.5, 0.6) is 0 Å². The minimum absolute atomic E-state index is 0.0366. The number of hydrogen-bond donors (Lipinski definition) is 2. The second-order valence-corrected chi connectivity index (χ2v) is 6.03. The Morgan fingerprint density at radius 1 is 1.67 bits per heavy atom. The van der Waals surface area contributed by atoms with Crippen molar-refractivity contribution in [1.29, 1.82) is 0 Å². The van der Waals surface area contributed by atoms with E-state index in [9.17, 15) is 4.79 Å². The molecular formula is C9H11ClN2OS2. The first-order valence-corrected chi connectivity index (χ1v) is 6.93. The van der Waals surface area contributed by atoms with Gasteiger partial charge in [-0.1, -0.05) is 11.6 Å². The van der Waals surface area contributed by atoms with E-state index < -0.39 is 0 Å². The monoisotopic (exact) mass is 262 g/mol. The van der Waals surface area contributed by atoms with Gasteiger partial charge in [-0.2, -0.15) is 0 Å². The Bertz CT molecular complexity index is 350. The number of thioether (sulfide) groups is 1. The van der Waals surface area contributed by atoms with Crippen LogP contribution < -0.4 is 10.6 Å². The Kier molecular flexibility index (Phi) is 3.91. The zero-order chi connectivity index (χ0) is 10.7. The predicted octanol–water partition coefficient (Wildman–Crippen LogP) is 1.68. The molecule has 1 aliphatic rings. The molecule has 2 heterocycles. The second kappa shape index (κ2) is 5.21. The van der Waals surface area contributed by atoms with Crippen LogP contribution in [0, 0.1) is 0 Å². The van der Waals surface area contributed by atoms with Crippen LogP contribution in [-0.2, 0) is 11.3 Å². The fraction of sp³-hybridized carbons (Fsp3) is 0.444. The number of halogens is 1. The molecule has 1 aromatic heterocycles. The summed E-state index contributed by atoms with van der Waals surface area (Å²) in [6.45, 7) is 0.569. The summed E-state index contributed by atoms with van der Waals surface area (Å²) in [7, 11) is 0. The molecular weight excluding hydrogens is 252 g/mol. The Hall–Kier alpha value is -0.230. The molecule has 2 rings (SSSR count). The van der Waals surface area contributed by atoms with Gasteiger partial charge in [-0.05, 0) is 12.1 Å². The van der Waals surface area contributed by atoms with E-state index in [1.165, 1.54) is 11.3 Å². The lowest BCUT2D eigenvalue weighted by Crippen LogP contribution is -2.41. The van der Waals surface area contributed by atoms with E-state index in [1.54, 1.807) is 11.8 Å². The highest BCUT2D eigenvalue weighted by Gasteiger charge is 2.21. The van der Waals surface area contributed by atoms with Crippen LogP contribution in [-0.4, -0.2) is 23.6 Å². The van der Waals surface area contributed by atoms with E-state index in [2.05, 4.69) is 10.6 Å². The molecule has 1 amide bonds. The second-order valence-electron chi connectivity index (χ2n) is 3.20. The number of rotatable bonds is 3. The van der Waals surface area contributed by atoms with E-state index >= 15 is 0 Å². The first-order valence-electron chi connectivity index (χ1n) is 4.59. The molecule has 1 fully saturated rings. The lowest BCUT2D eigenvalue weighted by molar-refractivity contribution is -0.122. The molecule has 0 saturated carbocycles. The number of hydrogen-bond acceptors (Lipinski definition) is 4. The Balaban J connectivity index is 1.80. The van der Waals surface area contributed by atoms with Gasteiger partial charge in [-0.15, -0.1) is 23.1 Å². The quantitative estimate of drug-likeness (QED) is 0.871. The number of carbonyl (C=O) groups excluding carboxylic acids is 1. The summed E-state index contributed by atoms with van der Waals surface area (Å²) in [6.07, 6.45) is 0. The molecule has 82 valence electrons. The van der Waals surface area contributed by atoms with E-state index in [0.29, 0.717) is 6.54 Å². The maximum atomic E-state index is 11.6. The van der Waals surface area contributed by atoms with Crippen molar-refractivity contribution < 1.29 is 4.79 Å². The van der Waals surface area contributed by atoms with E-state index in [0.717, 1.165) is 20.8 Å². The molecule has 0 aromatic carbocycles. The molecule has 0 spiro atoms. The van der Waals surface area contributed by atoms with Crippen molar-refractivity contribution in [2.75, 3.05) is 11.6 Å². The molecule has 1 atom stereocenters. The van der Waals surface area contributed by atoms with Gasteiger partial charge in [-0.3, -0.25) is 10.1 Å². The van der Waals surface area contributed by atoms with Crippen LogP contribution >= 0.6 is 34.7 Å². The van der Waals surface area contributed by atoms with Crippen LogP contribution in [0.25, 0.3) is 0 Å². The van der Waals surface area contributed by atoms with Gasteiger partial charge >= 0.3 is 0 Å². The maximum absolute atomic E-state index is 11.6. The molecule has 0 bridgehead atoms. The summed E-state index contributed by atoms with van der Waals surface area (Å²) in [4.78, 5) is 12.7. The Morgan fingerprint density at radius 3 is 3.13 bits per heavy atom. The van der Waals surface area contributed by atoms with Crippen molar-refractivity contribution >= 4 is 40.6 Å². The first kappa shape index (κ1) is 11.3. The highest BCUT2D eigenvalue weighted by atomic mass is 35.5. The van der Waals surface area contributed by atoms with Crippen LogP contribution in [0.1, 0.15) is 4.88 Å². The number of thiophene rings is 1. The van der Waals surface area contributed by atoms with Crippen molar-refractivity contribution in [3.63, 3.8) is 0 Å². The Labute approximate surface area is 102 Å². The highest BCUT2D eigenvalue weighted by Crippen LogP contribution is 2.21. The highest BCUT2D eigenvalue weighted by molar-refractivity contribution is 7.99. The van der Waals surface area contributed by atoms with Gasteiger partial charge in [0.2, 0.25) is 5.91 Å². The molecule has 0 unspecified atom stereocenters. The molecule has 0 aliphatic carbocycles. The van der Waals surface area contributed by atoms with Gasteiger partial charge in [0, 0.05) is 16.5 Å². The molecule has 3 nitrogen and oxygen atoms in total. The zero-order valence-electron chi connectivity index (χ0n) is 7.96. The summed E-state index contributed by atoms with van der Waals surface area (Å²) in [5.74, 6) is 1.80. The van der Waals surface area contributed by atoms with Gasteiger partial charge in [0.1, 0.15) is 0 Å². The van der Waals surface area contributed by atoms with Gasteiger partial charge in [0.15, 0.2) is 0 Å². The lowest BCUT2D eigenvalue weighted by Gasteiger charge is -2.09. The fourth-order valence-electron chi connectivity index (χ4n) is 1.31. The average Bonchev–Trinajstić information content (AvgIpc) is 2.84. The summed E-state index contributed by atoms with van der Waals surface area (Å²) in [6, 6.07) is 3.74. The minimum atomic E-state index is -0.0366. The van der Waals surface area contributed by atoms with Gasteiger partial charge in [0.05, 0.1) is 16.9 Å². The van der Waals surface area contributed by atoms with E-state index in [-0.39, 0.29) is 11.9 Å². The number of amides is 1. The summed E-state index contributed by atoms with van der Waals surface area (Å²) in [5.41, 5.74) is 0. The first-order chi connectivity index (χ1) is 7.25. The molecule has 1 saturated heterocycles. The molecule has 1 aromatic rings. The van der Waals surface area contributed by atoms with Crippen molar-refractivity contribution in [3.8, 4) is 0 Å². The third kappa shape index (κ3) is 3.11. The minimum Gasteiger partial charge on any atom is -0.350 e. The molecule has 1 aliphatic heterocycles. The Morgan fingerprint density at radius 2 is 2.53 bits per heavy atom. The SMILES string of the molecule is O=C(NCc1ccc(Cl)s1)[C@H]1CSCN1. The molecule has 6 heteroatoms. The third-order valence-corrected chi connectivity index (χ3v) is 4.27. The third-order valence-electron chi connectivity index (χ3n) is 2.10. The van der Waals surface area contributed by atoms with Crippen LogP contribution in [0.15, 0.2) is 12.1 Å². The topological polar surface area (TPSA) is 41.1 Å². The average molecular weight is 263 g/mol. The standard InChI is InChI=1S/C9H11ClN2OS2/c10-8-2-1-6(15-8)3-11-9(13)7-4-14-5-12-7/h1-2,7,12H,3-5H2,(H,11,13)/t7-/m1/s1. The predicted molar refractivity (Wildman–Crippen MR) is 65.4 cm³/mol. The number of carbonyl (C=O) groups is 1. The largest absolute Gasteiger partial charge is 0.350 e. The molecule has 15 heavy (non-hydrogen) atoms. The van der Waals surface area contributed by atoms with Gasteiger partial charge in [0.25, 0.3) is 0 Å². The summed E-state index contributed by atoms with van der Waals surface area (Å²) in [5, 5.41) is 6.02. The van der Waals surface area contributed by atoms with Crippen LogP contribution in [0.4, 0.5) is 0 Å². The zero-order valence-corrected chi connectivity index (χ0v) is 10.3. The smallest absolute Gasteiger partial charge is 0.238 e. The van der Waals surface area contributed by atoms with Crippen LogP contribution in [0.2, 0.25) is 4.34 Å². The van der Waals surface area contributed by atoms with Crippen molar-refractivity contribution in [2.24, 2.45) is 0 Å². The van der Waals surface area contributed by atoms with E-state index in [4.69, 9.17) is 11.6 Å². The van der Waals surface area contributed by atoms with Crippen molar-refractivity contribution in [1.82, 2.24) is 10.6 Å². The lowest BCUT2D eigenvalue weighted by atomic mass is 10.3. The number of nitrogens with one attached hydrogen (secondary N) is 2. The van der Waals surface area contributed by atoms with E-state index in [1.807, 2.05) is 12.1 Å². The molecule has 0 radical (unpaired) electrons. The van der Waals surface area contributed by atoms with Gasteiger partial charge in [-0.25, -0.2) is 0 Å². The summed E-state index contributed by atoms with van der Waals surface area (Å²) < 4.78 is 0.758. The molecule has 2 N–H and O–H groups in total. The van der Waals surface area contributed by atoms with Gasteiger partial charge < -0.3 is 5.32 Å². The summed E-state index contributed by atoms with van der Waals surface area (Å²) >= 11 is 9.04.